The van der Waals surface area contributed by atoms with Crippen LogP contribution >= 0.6 is 11.8 Å². The number of carbonyl (C=O) groups is 2. The monoisotopic (exact) mass is 469 g/mol. The van der Waals surface area contributed by atoms with Gasteiger partial charge in [0.25, 0.3) is 5.91 Å². The number of aryl methyl sites for hydroxylation is 1. The van der Waals surface area contributed by atoms with Crippen LogP contribution in [0.2, 0.25) is 0 Å². The van der Waals surface area contributed by atoms with Gasteiger partial charge in [0.2, 0.25) is 0 Å². The Bertz CT molecular complexity index is 1180. The highest BCUT2D eigenvalue weighted by atomic mass is 32.2. The summed E-state index contributed by atoms with van der Waals surface area (Å²) in [4.78, 5) is 26.3. The largest absolute Gasteiger partial charge is 0.456 e. The second-order valence-electron chi connectivity index (χ2n) is 7.00. The number of nitrogens with one attached hydrogen (secondary N) is 1. The highest BCUT2D eigenvalue weighted by Gasteiger charge is 2.18. The van der Waals surface area contributed by atoms with Crippen molar-refractivity contribution in [2.45, 2.75) is 28.0 Å². The Morgan fingerprint density at radius 3 is 2.28 bits per heavy atom. The fraction of sp³-hybridized carbons (Fsp3) is 0.167. The Kier molecular flexibility index (Phi) is 8.08. The molecule has 0 aliphatic carbocycles. The molecule has 0 aliphatic heterocycles. The molecule has 1 amide bonds. The van der Waals surface area contributed by atoms with E-state index in [4.69, 9.17) is 4.74 Å². The highest BCUT2D eigenvalue weighted by Crippen LogP contribution is 2.33. The van der Waals surface area contributed by atoms with Gasteiger partial charge in [-0.1, -0.05) is 59.8 Å². The summed E-state index contributed by atoms with van der Waals surface area (Å²) < 4.78 is 29.6. The van der Waals surface area contributed by atoms with E-state index in [9.17, 15) is 18.0 Å². The fourth-order valence-electron chi connectivity index (χ4n) is 2.76. The Morgan fingerprint density at radius 1 is 0.906 bits per heavy atom. The number of hydrogen-bond acceptors (Lipinski definition) is 6. The lowest BCUT2D eigenvalue weighted by molar-refractivity contribution is -0.146. The first kappa shape index (κ1) is 23.6. The van der Waals surface area contributed by atoms with E-state index in [0.29, 0.717) is 5.69 Å². The molecule has 0 unspecified atom stereocenters. The van der Waals surface area contributed by atoms with Gasteiger partial charge in [-0.25, -0.2) is 8.42 Å². The van der Waals surface area contributed by atoms with Gasteiger partial charge in [-0.3, -0.25) is 9.59 Å². The lowest BCUT2D eigenvalue weighted by atomic mass is 10.2. The number of para-hydroxylation sites is 1. The molecule has 3 aromatic carbocycles. The molecule has 6 nitrogen and oxygen atoms in total. The maximum absolute atomic E-state index is 12.3. The van der Waals surface area contributed by atoms with E-state index in [1.165, 1.54) is 23.9 Å². The molecule has 0 aliphatic rings. The minimum Gasteiger partial charge on any atom is -0.456 e. The number of ether oxygens (including phenoxy) is 1. The molecule has 0 aromatic heterocycles. The van der Waals surface area contributed by atoms with Crippen LogP contribution in [0.4, 0.5) is 5.69 Å². The fourth-order valence-corrected chi connectivity index (χ4v) is 4.90. The molecule has 0 spiro atoms. The Balaban J connectivity index is 1.50. The van der Waals surface area contributed by atoms with Crippen LogP contribution in [0.3, 0.4) is 0 Å². The normalized spacial score (nSPS) is 11.0. The Hall–Kier alpha value is -3.10. The third kappa shape index (κ3) is 6.96. The molecule has 0 bridgehead atoms. The summed E-state index contributed by atoms with van der Waals surface area (Å²) >= 11 is 1.50. The second-order valence-corrected chi connectivity index (χ2v) is 10.2. The van der Waals surface area contributed by atoms with E-state index in [1.54, 1.807) is 24.3 Å². The van der Waals surface area contributed by atoms with Gasteiger partial charge < -0.3 is 10.1 Å². The van der Waals surface area contributed by atoms with Crippen molar-refractivity contribution < 1.29 is 22.7 Å². The summed E-state index contributed by atoms with van der Waals surface area (Å²) in [5, 5.41) is 2.73. The number of hydrogen-bond donors (Lipinski definition) is 1. The number of carbonyl (C=O) groups excluding carboxylic acids is 2. The lowest BCUT2D eigenvalue weighted by Crippen LogP contribution is -2.22. The zero-order valence-electron chi connectivity index (χ0n) is 17.5. The van der Waals surface area contributed by atoms with Crippen LogP contribution in [0.1, 0.15) is 12.0 Å². The quantitative estimate of drug-likeness (QED) is 0.465. The molecule has 1 N–H and O–H groups in total. The molecule has 0 radical (unpaired) electrons. The topological polar surface area (TPSA) is 89.5 Å². The zero-order valence-corrected chi connectivity index (χ0v) is 19.1. The average molecular weight is 470 g/mol. The number of benzene rings is 3. The van der Waals surface area contributed by atoms with Crippen molar-refractivity contribution in [3.05, 3.63) is 84.4 Å². The van der Waals surface area contributed by atoms with Crippen LogP contribution in [0.15, 0.2) is 93.5 Å². The van der Waals surface area contributed by atoms with Crippen LogP contribution in [-0.4, -0.2) is 32.7 Å². The predicted octanol–water partition coefficient (Wildman–Crippen LogP) is 4.49. The van der Waals surface area contributed by atoms with E-state index in [0.717, 1.165) is 15.4 Å². The first-order valence-electron chi connectivity index (χ1n) is 9.90. The van der Waals surface area contributed by atoms with Crippen molar-refractivity contribution >= 4 is 39.2 Å². The predicted molar refractivity (Wildman–Crippen MR) is 124 cm³/mol. The van der Waals surface area contributed by atoms with Crippen molar-refractivity contribution in [1.29, 1.82) is 0 Å². The number of amides is 1. The third-order valence-electron chi connectivity index (χ3n) is 4.45. The molecule has 3 aromatic rings. The summed E-state index contributed by atoms with van der Waals surface area (Å²) in [7, 11) is -3.60. The molecule has 8 heteroatoms. The van der Waals surface area contributed by atoms with Gasteiger partial charge in [0.05, 0.1) is 22.8 Å². The Morgan fingerprint density at radius 2 is 1.56 bits per heavy atom. The van der Waals surface area contributed by atoms with Crippen LogP contribution in [-0.2, 0) is 24.2 Å². The molecule has 3 rings (SSSR count). The third-order valence-corrected chi connectivity index (χ3v) is 7.27. The van der Waals surface area contributed by atoms with Crippen molar-refractivity contribution in [3.63, 3.8) is 0 Å². The SMILES string of the molecule is Cc1ccc(S(=O)(=O)CCC(=O)OCC(=O)Nc2ccccc2Sc2ccccc2)cc1. The highest BCUT2D eigenvalue weighted by molar-refractivity contribution is 7.99. The van der Waals surface area contributed by atoms with Crippen molar-refractivity contribution in [2.75, 3.05) is 17.7 Å². The van der Waals surface area contributed by atoms with E-state index < -0.39 is 28.3 Å². The number of anilines is 1. The first-order chi connectivity index (χ1) is 15.3. The molecule has 32 heavy (non-hydrogen) atoms. The molecule has 0 heterocycles. The Labute approximate surface area is 191 Å². The van der Waals surface area contributed by atoms with Crippen molar-refractivity contribution in [3.8, 4) is 0 Å². The molecule has 0 saturated heterocycles. The standard InChI is InChI=1S/C24H23NO5S2/c1-18-11-13-20(14-12-18)32(28,29)16-15-24(27)30-17-23(26)25-21-9-5-6-10-22(21)31-19-7-3-2-4-8-19/h2-14H,15-17H2,1H3,(H,25,26). The molecule has 0 atom stereocenters. The maximum atomic E-state index is 12.3. The minimum atomic E-state index is -3.60. The van der Waals surface area contributed by atoms with Crippen LogP contribution in [0.25, 0.3) is 0 Å². The smallest absolute Gasteiger partial charge is 0.307 e. The summed E-state index contributed by atoms with van der Waals surface area (Å²) in [5.74, 6) is -1.63. The van der Waals surface area contributed by atoms with E-state index >= 15 is 0 Å². The zero-order chi connectivity index (χ0) is 23.0. The van der Waals surface area contributed by atoms with Crippen LogP contribution in [0.5, 0.6) is 0 Å². The molecular weight excluding hydrogens is 446 g/mol. The van der Waals surface area contributed by atoms with Crippen molar-refractivity contribution in [2.24, 2.45) is 0 Å². The molecule has 0 fully saturated rings. The van der Waals surface area contributed by atoms with E-state index in [1.807, 2.05) is 49.4 Å². The lowest BCUT2D eigenvalue weighted by Gasteiger charge is -2.11. The number of esters is 1. The van der Waals surface area contributed by atoms with Crippen molar-refractivity contribution in [1.82, 2.24) is 0 Å². The van der Waals surface area contributed by atoms with Gasteiger partial charge in [-0.2, -0.15) is 0 Å². The van der Waals surface area contributed by atoms with Gasteiger partial charge in [0, 0.05) is 9.79 Å². The van der Waals surface area contributed by atoms with E-state index in [2.05, 4.69) is 5.32 Å². The van der Waals surface area contributed by atoms with Gasteiger partial charge in [0.15, 0.2) is 16.4 Å². The van der Waals surface area contributed by atoms with Gasteiger partial charge >= 0.3 is 5.97 Å². The number of sulfone groups is 1. The average Bonchev–Trinajstić information content (AvgIpc) is 2.79. The van der Waals surface area contributed by atoms with Crippen LogP contribution < -0.4 is 5.32 Å². The minimum absolute atomic E-state index is 0.154. The summed E-state index contributed by atoms with van der Waals surface area (Å²) in [5.41, 5.74) is 1.54. The second kappa shape index (κ2) is 11.0. The summed E-state index contributed by atoms with van der Waals surface area (Å²) in [6, 6.07) is 23.5. The van der Waals surface area contributed by atoms with Gasteiger partial charge in [-0.05, 0) is 43.3 Å². The first-order valence-corrected chi connectivity index (χ1v) is 12.4. The summed E-state index contributed by atoms with van der Waals surface area (Å²) in [6.07, 6.45) is -0.329. The van der Waals surface area contributed by atoms with Gasteiger partial charge in [-0.15, -0.1) is 0 Å². The number of rotatable bonds is 9. The maximum Gasteiger partial charge on any atom is 0.307 e. The molecular formula is C24H23NO5S2. The van der Waals surface area contributed by atoms with Crippen LogP contribution in [0, 0.1) is 6.92 Å². The summed E-state index contributed by atoms with van der Waals surface area (Å²) in [6.45, 7) is 1.37. The van der Waals surface area contributed by atoms with Gasteiger partial charge in [0.1, 0.15) is 0 Å². The molecule has 0 saturated carbocycles. The van der Waals surface area contributed by atoms with E-state index in [-0.39, 0.29) is 17.1 Å². The molecule has 166 valence electrons.